The van der Waals surface area contributed by atoms with Crippen molar-refractivity contribution in [2.24, 2.45) is 0 Å². The molecule has 1 aliphatic heterocycles. The summed E-state index contributed by atoms with van der Waals surface area (Å²) < 4.78 is 35.4. The standard InChI is InChI=1S/C17H19NS.C6H4F3NO.C2H6/c1-19-17-13-15(14-7-3-2-4-8-14)9-10-16(17)18-11-5-6-12-18;7-6(8,9)4-1-2-5(11)10-3-4;1-2/h2-4,7-10,13H,5-6,11-12H2,1H3;1-3H,(H,10,11);1-2H3. The SMILES string of the molecule is CC.CSc1cc(-c2ccccc2)ccc1N1CCCC1.O=c1ccc(C(F)(F)F)c[nH]1. The molecule has 2 heterocycles. The van der Waals surface area contributed by atoms with E-state index in [4.69, 9.17) is 0 Å². The van der Waals surface area contributed by atoms with E-state index in [1.54, 1.807) is 0 Å². The number of aromatic amines is 1. The molecule has 0 saturated carbocycles. The molecule has 0 amide bonds. The van der Waals surface area contributed by atoms with Crippen molar-refractivity contribution in [3.63, 3.8) is 0 Å². The Morgan fingerprint density at radius 1 is 0.906 bits per heavy atom. The minimum Gasteiger partial charge on any atom is -0.371 e. The van der Waals surface area contributed by atoms with Gasteiger partial charge in [-0.25, -0.2) is 0 Å². The minimum absolute atomic E-state index is 0.544. The maximum Gasteiger partial charge on any atom is 0.417 e. The van der Waals surface area contributed by atoms with Crippen LogP contribution in [-0.4, -0.2) is 24.3 Å². The summed E-state index contributed by atoms with van der Waals surface area (Å²) in [5.41, 5.74) is 2.62. The Labute approximate surface area is 191 Å². The third-order valence-corrected chi connectivity index (χ3v) is 5.61. The second-order valence-corrected chi connectivity index (χ2v) is 7.73. The van der Waals surface area contributed by atoms with Gasteiger partial charge in [0, 0.05) is 30.2 Å². The van der Waals surface area contributed by atoms with Gasteiger partial charge in [0.1, 0.15) is 0 Å². The molecule has 1 aliphatic rings. The first kappa shape index (κ1) is 25.6. The summed E-state index contributed by atoms with van der Waals surface area (Å²) in [6.45, 7) is 6.41. The third kappa shape index (κ3) is 7.19. The molecular weight excluding hydrogens is 433 g/mol. The molecule has 0 unspecified atom stereocenters. The van der Waals surface area contributed by atoms with Gasteiger partial charge < -0.3 is 9.88 Å². The van der Waals surface area contributed by atoms with Gasteiger partial charge in [-0.1, -0.05) is 50.2 Å². The molecule has 1 N–H and O–H groups in total. The van der Waals surface area contributed by atoms with Crippen molar-refractivity contribution < 1.29 is 13.2 Å². The lowest BCUT2D eigenvalue weighted by Crippen LogP contribution is -2.18. The lowest BCUT2D eigenvalue weighted by molar-refractivity contribution is -0.137. The molecule has 0 bridgehead atoms. The van der Waals surface area contributed by atoms with Crippen molar-refractivity contribution in [2.45, 2.75) is 37.8 Å². The predicted octanol–water partition coefficient (Wildman–Crippen LogP) is 7.10. The van der Waals surface area contributed by atoms with Gasteiger partial charge in [0.05, 0.1) is 11.3 Å². The van der Waals surface area contributed by atoms with Gasteiger partial charge in [-0.05, 0) is 48.4 Å². The molecular formula is C25H29F3N2OS. The van der Waals surface area contributed by atoms with Gasteiger partial charge in [-0.15, -0.1) is 11.8 Å². The number of rotatable bonds is 3. The van der Waals surface area contributed by atoms with Gasteiger partial charge in [0.2, 0.25) is 5.56 Å². The number of aromatic nitrogens is 1. The van der Waals surface area contributed by atoms with Crippen molar-refractivity contribution in [3.8, 4) is 11.1 Å². The van der Waals surface area contributed by atoms with Crippen LogP contribution >= 0.6 is 11.8 Å². The molecule has 1 fully saturated rings. The average molecular weight is 463 g/mol. The molecule has 1 saturated heterocycles. The first-order valence-electron chi connectivity index (χ1n) is 10.6. The van der Waals surface area contributed by atoms with Gasteiger partial charge in [0.15, 0.2) is 0 Å². The van der Waals surface area contributed by atoms with E-state index in [1.807, 2.05) is 30.6 Å². The summed E-state index contributed by atoms with van der Waals surface area (Å²) in [5.74, 6) is 0. The number of H-pyrrole nitrogens is 1. The van der Waals surface area contributed by atoms with E-state index < -0.39 is 17.3 Å². The number of hydrogen-bond acceptors (Lipinski definition) is 3. The number of hydrogen-bond donors (Lipinski definition) is 1. The fraction of sp³-hybridized carbons (Fsp3) is 0.320. The fourth-order valence-corrected chi connectivity index (χ4v) is 3.95. The molecule has 3 aromatic rings. The highest BCUT2D eigenvalue weighted by atomic mass is 32.2. The number of thioether (sulfide) groups is 1. The largest absolute Gasteiger partial charge is 0.417 e. The van der Waals surface area contributed by atoms with Crippen molar-refractivity contribution in [2.75, 3.05) is 24.2 Å². The van der Waals surface area contributed by atoms with E-state index in [1.165, 1.54) is 47.6 Å². The van der Waals surface area contributed by atoms with E-state index in [9.17, 15) is 18.0 Å². The molecule has 172 valence electrons. The van der Waals surface area contributed by atoms with Crippen molar-refractivity contribution in [3.05, 3.63) is 82.8 Å². The number of benzene rings is 2. The highest BCUT2D eigenvalue weighted by Crippen LogP contribution is 2.34. The van der Waals surface area contributed by atoms with Crippen molar-refractivity contribution >= 4 is 17.4 Å². The molecule has 2 aromatic carbocycles. The highest BCUT2D eigenvalue weighted by molar-refractivity contribution is 7.98. The Bertz CT molecular complexity index is 993. The van der Waals surface area contributed by atoms with Crippen LogP contribution in [0.15, 0.2) is 76.6 Å². The highest BCUT2D eigenvalue weighted by Gasteiger charge is 2.30. The fourth-order valence-electron chi connectivity index (χ4n) is 3.29. The molecule has 1 aromatic heterocycles. The van der Waals surface area contributed by atoms with Crippen LogP contribution in [0.1, 0.15) is 32.3 Å². The Morgan fingerprint density at radius 2 is 1.56 bits per heavy atom. The molecule has 3 nitrogen and oxygen atoms in total. The number of nitrogens with one attached hydrogen (secondary N) is 1. The summed E-state index contributed by atoms with van der Waals surface area (Å²) in [4.78, 5) is 16.2. The summed E-state index contributed by atoms with van der Waals surface area (Å²) in [5, 5.41) is 0. The first-order valence-corrected chi connectivity index (χ1v) is 11.9. The number of nitrogens with zero attached hydrogens (tertiary/aromatic N) is 1. The Morgan fingerprint density at radius 3 is 2.09 bits per heavy atom. The van der Waals surface area contributed by atoms with Gasteiger partial charge in [0.25, 0.3) is 0 Å². The minimum atomic E-state index is -4.38. The normalized spacial score (nSPS) is 13.0. The first-order chi connectivity index (χ1) is 15.4. The Balaban J connectivity index is 0.000000239. The number of anilines is 1. The van der Waals surface area contributed by atoms with Crippen molar-refractivity contribution in [1.29, 1.82) is 0 Å². The van der Waals surface area contributed by atoms with Gasteiger partial charge in [-0.3, -0.25) is 4.79 Å². The lowest BCUT2D eigenvalue weighted by Gasteiger charge is -2.21. The van der Waals surface area contributed by atoms with Crippen LogP contribution in [0.4, 0.5) is 18.9 Å². The summed E-state index contributed by atoms with van der Waals surface area (Å²) in [7, 11) is 0. The summed E-state index contributed by atoms with van der Waals surface area (Å²) in [6, 6.07) is 19.1. The zero-order chi connectivity index (χ0) is 23.6. The van der Waals surface area contributed by atoms with Crippen LogP contribution in [0, 0.1) is 0 Å². The Hall–Kier alpha value is -2.67. The average Bonchev–Trinajstić information content (AvgIpc) is 3.35. The second-order valence-electron chi connectivity index (χ2n) is 6.89. The smallest absolute Gasteiger partial charge is 0.371 e. The molecule has 0 spiro atoms. The van der Waals surface area contributed by atoms with E-state index in [0.29, 0.717) is 6.20 Å². The third-order valence-electron chi connectivity index (χ3n) is 4.85. The van der Waals surface area contributed by atoms with Crippen LogP contribution in [0.5, 0.6) is 0 Å². The van der Waals surface area contributed by atoms with Gasteiger partial charge in [-0.2, -0.15) is 13.2 Å². The van der Waals surface area contributed by atoms with Gasteiger partial charge >= 0.3 is 6.18 Å². The maximum atomic E-state index is 11.8. The molecule has 0 aliphatic carbocycles. The van der Waals surface area contributed by atoms with E-state index >= 15 is 0 Å². The number of halogens is 3. The zero-order valence-electron chi connectivity index (χ0n) is 18.6. The maximum absolute atomic E-state index is 11.8. The van der Waals surface area contributed by atoms with Crippen LogP contribution in [0.25, 0.3) is 11.1 Å². The second kappa shape index (κ2) is 12.4. The summed E-state index contributed by atoms with van der Waals surface area (Å²) >= 11 is 1.85. The van der Waals surface area contributed by atoms with E-state index in [-0.39, 0.29) is 0 Å². The predicted molar refractivity (Wildman–Crippen MR) is 129 cm³/mol. The van der Waals surface area contributed by atoms with Crippen LogP contribution in [0.2, 0.25) is 0 Å². The molecule has 0 atom stereocenters. The van der Waals surface area contributed by atoms with Crippen LogP contribution in [0.3, 0.4) is 0 Å². The number of pyridine rings is 1. The van der Waals surface area contributed by atoms with E-state index in [2.05, 4.69) is 59.7 Å². The molecule has 0 radical (unpaired) electrons. The van der Waals surface area contributed by atoms with E-state index in [0.717, 1.165) is 12.1 Å². The molecule has 7 heteroatoms. The zero-order valence-corrected chi connectivity index (χ0v) is 19.4. The van der Waals surface area contributed by atoms with Crippen molar-refractivity contribution in [1.82, 2.24) is 4.98 Å². The lowest BCUT2D eigenvalue weighted by atomic mass is 10.1. The molecule has 32 heavy (non-hydrogen) atoms. The van der Waals surface area contributed by atoms with Crippen LogP contribution < -0.4 is 10.5 Å². The van der Waals surface area contributed by atoms with Crippen LogP contribution in [-0.2, 0) is 6.18 Å². The monoisotopic (exact) mass is 462 g/mol. The topological polar surface area (TPSA) is 36.1 Å². The number of alkyl halides is 3. The Kier molecular flexibility index (Phi) is 9.91. The molecule has 4 rings (SSSR count). The quantitative estimate of drug-likeness (QED) is 0.422. The summed E-state index contributed by atoms with van der Waals surface area (Å²) in [6.07, 6.45) is 1.08.